The molecule has 0 aromatic heterocycles. The van der Waals surface area contributed by atoms with Crippen molar-refractivity contribution >= 4 is 0 Å². The van der Waals surface area contributed by atoms with Crippen molar-refractivity contribution in [3.05, 3.63) is 0 Å². The van der Waals surface area contributed by atoms with Gasteiger partial charge in [0.15, 0.2) is 0 Å². The second-order valence-electron chi connectivity index (χ2n) is 3.65. The summed E-state index contributed by atoms with van der Waals surface area (Å²) in [6.07, 6.45) is 4.22. The number of aliphatic hydroxyl groups is 1. The van der Waals surface area contributed by atoms with Gasteiger partial charge in [0, 0.05) is 32.7 Å². The van der Waals surface area contributed by atoms with Gasteiger partial charge in [0.25, 0.3) is 0 Å². The molecule has 18 heavy (non-hydrogen) atoms. The molecule has 0 aromatic carbocycles. The SMILES string of the molecule is C1CCNCC1.C1CN1.N.NCCN.NCCO. The summed E-state index contributed by atoms with van der Waals surface area (Å²) < 4.78 is 0. The molecule has 12 N–H and O–H groups in total. The van der Waals surface area contributed by atoms with Crippen LogP contribution in [0.1, 0.15) is 19.3 Å². The van der Waals surface area contributed by atoms with Gasteiger partial charge >= 0.3 is 0 Å². The molecule has 0 aliphatic carbocycles. The van der Waals surface area contributed by atoms with E-state index in [9.17, 15) is 0 Å². The van der Waals surface area contributed by atoms with Gasteiger partial charge in [-0.2, -0.15) is 0 Å². The van der Waals surface area contributed by atoms with E-state index in [4.69, 9.17) is 22.3 Å². The average molecular weight is 266 g/mol. The Morgan fingerprint density at radius 3 is 1.11 bits per heavy atom. The van der Waals surface area contributed by atoms with Crippen LogP contribution in [0.4, 0.5) is 0 Å². The zero-order valence-electron chi connectivity index (χ0n) is 11.7. The maximum absolute atomic E-state index is 7.75. The maximum atomic E-state index is 7.75. The molecule has 2 aliphatic heterocycles. The topological polar surface area (TPSA) is 167 Å². The van der Waals surface area contributed by atoms with Gasteiger partial charge in [0.2, 0.25) is 0 Å². The Morgan fingerprint density at radius 1 is 0.722 bits per heavy atom. The van der Waals surface area contributed by atoms with Crippen LogP contribution >= 0.6 is 0 Å². The van der Waals surface area contributed by atoms with E-state index in [1.807, 2.05) is 0 Å². The Morgan fingerprint density at radius 2 is 1.06 bits per heavy atom. The lowest BCUT2D eigenvalue weighted by Gasteiger charge is -2.08. The molecule has 0 bridgehead atoms. The van der Waals surface area contributed by atoms with Crippen LogP contribution in [0.15, 0.2) is 0 Å². The molecule has 0 saturated carbocycles. The van der Waals surface area contributed by atoms with Crippen LogP contribution in [0.2, 0.25) is 0 Å². The molecule has 114 valence electrons. The minimum Gasteiger partial charge on any atom is -0.395 e. The summed E-state index contributed by atoms with van der Waals surface area (Å²) in [7, 11) is 0. The lowest BCUT2D eigenvalue weighted by molar-refractivity contribution is 0.306. The molecule has 2 saturated heterocycles. The van der Waals surface area contributed by atoms with Gasteiger partial charge in [-0.3, -0.25) is 0 Å². The molecule has 2 fully saturated rings. The molecule has 0 unspecified atom stereocenters. The van der Waals surface area contributed by atoms with E-state index in [0.29, 0.717) is 19.6 Å². The van der Waals surface area contributed by atoms with Crippen molar-refractivity contribution in [1.82, 2.24) is 16.8 Å². The first-order chi connectivity index (χ1) is 8.33. The highest BCUT2D eigenvalue weighted by atomic mass is 16.3. The third-order valence-electron chi connectivity index (χ3n) is 1.75. The van der Waals surface area contributed by atoms with Crippen molar-refractivity contribution in [3.8, 4) is 0 Å². The van der Waals surface area contributed by atoms with E-state index >= 15 is 0 Å². The van der Waals surface area contributed by atoms with Crippen molar-refractivity contribution in [1.29, 1.82) is 0 Å². The lowest BCUT2D eigenvalue weighted by atomic mass is 10.2. The van der Waals surface area contributed by atoms with Crippen LogP contribution in [0.5, 0.6) is 0 Å². The normalized spacial score (nSPS) is 15.3. The zero-order valence-corrected chi connectivity index (χ0v) is 11.7. The Kier molecular flexibility index (Phi) is 32.4. The van der Waals surface area contributed by atoms with E-state index in [1.165, 1.54) is 45.4 Å². The molecule has 2 aliphatic rings. The first-order valence-electron chi connectivity index (χ1n) is 6.46. The molecule has 0 atom stereocenters. The molecular formula is C11H34N6O. The fourth-order valence-corrected chi connectivity index (χ4v) is 0.802. The summed E-state index contributed by atoms with van der Waals surface area (Å²) in [6, 6.07) is 0. The molecule has 7 heteroatoms. The van der Waals surface area contributed by atoms with E-state index in [-0.39, 0.29) is 12.8 Å². The predicted octanol–water partition coefficient (Wildman–Crippen LogP) is -1.65. The fraction of sp³-hybridized carbons (Fsp3) is 1.00. The van der Waals surface area contributed by atoms with Crippen LogP contribution in [0.25, 0.3) is 0 Å². The monoisotopic (exact) mass is 266 g/mol. The van der Waals surface area contributed by atoms with Gasteiger partial charge in [-0.1, -0.05) is 6.42 Å². The largest absolute Gasteiger partial charge is 0.395 e. The Labute approximate surface area is 111 Å². The highest BCUT2D eigenvalue weighted by Crippen LogP contribution is 1.96. The molecule has 0 amide bonds. The van der Waals surface area contributed by atoms with Crippen molar-refractivity contribution in [2.24, 2.45) is 17.2 Å². The number of hydrogen-bond donors (Lipinski definition) is 7. The van der Waals surface area contributed by atoms with Crippen LogP contribution in [0.3, 0.4) is 0 Å². The van der Waals surface area contributed by atoms with E-state index < -0.39 is 0 Å². The molecule has 7 nitrogen and oxygen atoms in total. The minimum atomic E-state index is 0. The highest BCUT2D eigenvalue weighted by molar-refractivity contribution is 4.58. The molecule has 2 rings (SSSR count). The maximum Gasteiger partial charge on any atom is 0.0553 e. The molecule has 0 spiro atoms. The average Bonchev–Trinajstić information content (AvgIpc) is 3.29. The Bertz CT molecular complexity index is 89.4. The van der Waals surface area contributed by atoms with Crippen LogP contribution < -0.4 is 34.0 Å². The third kappa shape index (κ3) is 44.8. The Balaban J connectivity index is -0.000000169. The van der Waals surface area contributed by atoms with Crippen molar-refractivity contribution in [3.63, 3.8) is 0 Å². The summed E-state index contributed by atoms with van der Waals surface area (Å²) in [5.74, 6) is 0. The summed E-state index contributed by atoms with van der Waals surface area (Å²) in [6.45, 7) is 6.67. The number of nitrogens with two attached hydrogens (primary N) is 3. The first kappa shape index (κ1) is 22.9. The summed E-state index contributed by atoms with van der Waals surface area (Å²) >= 11 is 0. The van der Waals surface area contributed by atoms with Crippen molar-refractivity contribution in [2.45, 2.75) is 19.3 Å². The molecular weight excluding hydrogens is 232 g/mol. The van der Waals surface area contributed by atoms with Gasteiger partial charge in [-0.15, -0.1) is 0 Å². The second-order valence-corrected chi connectivity index (χ2v) is 3.65. The quantitative estimate of drug-likeness (QED) is 0.294. The predicted molar refractivity (Wildman–Crippen MR) is 78.9 cm³/mol. The number of hydrogen-bond acceptors (Lipinski definition) is 7. The standard InChI is InChI=1S/C5H11N.C2H8N2.C2H7NO.C2H5N.H3N/c1-2-4-6-5-3-1;2*3-1-2-4;1-2-3-1;/h6H,1-5H2;1-4H2;4H,1-3H2;3H,1-2H2;1H3. The van der Waals surface area contributed by atoms with Gasteiger partial charge in [-0.25, -0.2) is 0 Å². The van der Waals surface area contributed by atoms with Gasteiger partial charge in [0.05, 0.1) is 6.61 Å². The smallest absolute Gasteiger partial charge is 0.0553 e. The zero-order chi connectivity index (χ0) is 13.2. The third-order valence-corrected chi connectivity index (χ3v) is 1.75. The van der Waals surface area contributed by atoms with Crippen molar-refractivity contribution in [2.75, 3.05) is 52.4 Å². The van der Waals surface area contributed by atoms with Crippen LogP contribution in [-0.4, -0.2) is 57.5 Å². The fourth-order valence-electron chi connectivity index (χ4n) is 0.802. The van der Waals surface area contributed by atoms with Gasteiger partial charge in [0.1, 0.15) is 0 Å². The van der Waals surface area contributed by atoms with E-state index in [0.717, 1.165) is 0 Å². The van der Waals surface area contributed by atoms with Gasteiger partial charge in [-0.05, 0) is 25.9 Å². The summed E-state index contributed by atoms with van der Waals surface area (Å²) in [4.78, 5) is 0. The highest BCUT2D eigenvalue weighted by Gasteiger charge is 1.93. The Hall–Kier alpha value is -0.280. The number of nitrogens with one attached hydrogen (secondary N) is 2. The van der Waals surface area contributed by atoms with Crippen LogP contribution in [0, 0.1) is 0 Å². The summed E-state index contributed by atoms with van der Waals surface area (Å²) in [5.41, 5.74) is 14.6. The molecule has 0 aromatic rings. The lowest BCUT2D eigenvalue weighted by Crippen LogP contribution is -2.21. The number of aliphatic hydroxyl groups excluding tert-OH is 1. The number of piperidine rings is 1. The van der Waals surface area contributed by atoms with Crippen molar-refractivity contribution < 1.29 is 5.11 Å². The van der Waals surface area contributed by atoms with E-state index in [2.05, 4.69) is 10.6 Å². The van der Waals surface area contributed by atoms with Gasteiger partial charge < -0.3 is 39.1 Å². The summed E-state index contributed by atoms with van der Waals surface area (Å²) in [5, 5.41) is 14.0. The molecule has 2 heterocycles. The van der Waals surface area contributed by atoms with E-state index in [1.54, 1.807) is 0 Å². The number of rotatable bonds is 2. The first-order valence-corrected chi connectivity index (χ1v) is 6.46. The molecule has 0 radical (unpaired) electrons. The minimum absolute atomic E-state index is 0. The van der Waals surface area contributed by atoms with Crippen LogP contribution in [-0.2, 0) is 0 Å². The second kappa shape index (κ2) is 25.5.